The van der Waals surface area contributed by atoms with Gasteiger partial charge in [0.2, 0.25) is 0 Å². The second-order valence-corrected chi connectivity index (χ2v) is 7.18. The van der Waals surface area contributed by atoms with Crippen LogP contribution in [0.15, 0.2) is 30.3 Å². The van der Waals surface area contributed by atoms with Gasteiger partial charge in [-0.15, -0.1) is 0 Å². The van der Waals surface area contributed by atoms with Crippen LogP contribution in [-0.4, -0.2) is 30.6 Å². The van der Waals surface area contributed by atoms with E-state index in [-0.39, 0.29) is 0 Å². The van der Waals surface area contributed by atoms with Crippen LogP contribution in [0.25, 0.3) is 0 Å². The molecule has 1 aromatic carbocycles. The van der Waals surface area contributed by atoms with E-state index in [9.17, 15) is 13.5 Å². The SMILES string of the molecule is CC(C)(C(O)Cc1ccccc1)S(C)(=O)=O. The van der Waals surface area contributed by atoms with Crippen LogP contribution < -0.4 is 0 Å². The Balaban J connectivity index is 2.85. The third-order valence-electron chi connectivity index (χ3n) is 3.03. The zero-order valence-electron chi connectivity index (χ0n) is 9.84. The van der Waals surface area contributed by atoms with Crippen LogP contribution in [-0.2, 0) is 16.3 Å². The molecule has 0 fully saturated rings. The number of benzene rings is 1. The molecule has 3 nitrogen and oxygen atoms in total. The molecule has 90 valence electrons. The Kier molecular flexibility index (Phi) is 3.76. The third-order valence-corrected chi connectivity index (χ3v) is 5.21. The monoisotopic (exact) mass is 242 g/mol. The second-order valence-electron chi connectivity index (χ2n) is 4.58. The molecule has 0 aliphatic heterocycles. The van der Waals surface area contributed by atoms with Gasteiger partial charge in [0.25, 0.3) is 0 Å². The number of sulfone groups is 1. The minimum Gasteiger partial charge on any atom is -0.391 e. The van der Waals surface area contributed by atoms with Crippen molar-refractivity contribution in [2.45, 2.75) is 31.1 Å². The lowest BCUT2D eigenvalue weighted by Gasteiger charge is -2.28. The first kappa shape index (κ1) is 13.2. The summed E-state index contributed by atoms with van der Waals surface area (Å²) in [6.07, 6.45) is 0.604. The Morgan fingerprint density at radius 3 is 2.19 bits per heavy atom. The van der Waals surface area contributed by atoms with Gasteiger partial charge in [-0.05, 0) is 25.8 Å². The first-order chi connectivity index (χ1) is 7.25. The molecule has 1 unspecified atom stereocenters. The van der Waals surface area contributed by atoms with Crippen molar-refractivity contribution < 1.29 is 13.5 Å². The summed E-state index contributed by atoms with van der Waals surface area (Å²) < 4.78 is 21.9. The van der Waals surface area contributed by atoms with Crippen LogP contribution in [0.2, 0.25) is 0 Å². The lowest BCUT2D eigenvalue weighted by molar-refractivity contribution is 0.138. The van der Waals surface area contributed by atoms with Crippen molar-refractivity contribution in [3.8, 4) is 0 Å². The van der Waals surface area contributed by atoms with Crippen molar-refractivity contribution in [1.29, 1.82) is 0 Å². The minimum atomic E-state index is -3.27. The fourth-order valence-corrected chi connectivity index (χ4v) is 1.91. The highest BCUT2D eigenvalue weighted by Crippen LogP contribution is 2.22. The van der Waals surface area contributed by atoms with Crippen molar-refractivity contribution in [3.05, 3.63) is 35.9 Å². The normalized spacial score (nSPS) is 14.8. The fourth-order valence-electron chi connectivity index (χ4n) is 1.33. The number of aliphatic hydroxyl groups excluding tert-OH is 1. The summed E-state index contributed by atoms with van der Waals surface area (Å²) in [5, 5.41) is 9.99. The van der Waals surface area contributed by atoms with E-state index in [1.807, 2.05) is 30.3 Å². The average molecular weight is 242 g/mol. The summed E-state index contributed by atoms with van der Waals surface area (Å²) in [6.45, 7) is 3.10. The van der Waals surface area contributed by atoms with E-state index in [2.05, 4.69) is 0 Å². The lowest BCUT2D eigenvalue weighted by Crippen LogP contribution is -2.44. The molecule has 1 aromatic rings. The van der Waals surface area contributed by atoms with E-state index in [0.717, 1.165) is 11.8 Å². The molecule has 0 aromatic heterocycles. The summed E-state index contributed by atoms with van der Waals surface area (Å²) in [5.41, 5.74) is 0.937. The highest BCUT2D eigenvalue weighted by atomic mass is 32.2. The molecule has 0 amide bonds. The second kappa shape index (κ2) is 4.55. The molecular formula is C12H18O3S. The highest BCUT2D eigenvalue weighted by molar-refractivity contribution is 7.92. The first-order valence-corrected chi connectivity index (χ1v) is 7.06. The van der Waals surface area contributed by atoms with Gasteiger partial charge in [0, 0.05) is 6.26 Å². The van der Waals surface area contributed by atoms with E-state index in [1.54, 1.807) is 13.8 Å². The largest absolute Gasteiger partial charge is 0.391 e. The molecule has 0 aliphatic rings. The van der Waals surface area contributed by atoms with Crippen molar-refractivity contribution in [1.82, 2.24) is 0 Å². The summed E-state index contributed by atoms with van der Waals surface area (Å²) >= 11 is 0. The van der Waals surface area contributed by atoms with Crippen LogP contribution in [0.3, 0.4) is 0 Å². The highest BCUT2D eigenvalue weighted by Gasteiger charge is 2.37. The average Bonchev–Trinajstić information content (AvgIpc) is 2.17. The molecular weight excluding hydrogens is 224 g/mol. The topological polar surface area (TPSA) is 54.4 Å². The Labute approximate surface area is 97.0 Å². The van der Waals surface area contributed by atoms with Gasteiger partial charge in [-0.2, -0.15) is 0 Å². The van der Waals surface area contributed by atoms with E-state index < -0.39 is 20.7 Å². The van der Waals surface area contributed by atoms with Crippen molar-refractivity contribution in [3.63, 3.8) is 0 Å². The Bertz CT molecular complexity index is 435. The molecule has 0 radical (unpaired) electrons. The number of hydrogen-bond acceptors (Lipinski definition) is 3. The molecule has 0 saturated carbocycles. The molecule has 16 heavy (non-hydrogen) atoms. The number of hydrogen-bond donors (Lipinski definition) is 1. The van der Waals surface area contributed by atoms with Crippen LogP contribution in [0.1, 0.15) is 19.4 Å². The Hall–Kier alpha value is -0.870. The molecule has 1 rings (SSSR count). The number of aliphatic hydroxyl groups is 1. The maximum absolute atomic E-state index is 11.5. The summed E-state index contributed by atoms with van der Waals surface area (Å²) in [4.78, 5) is 0. The van der Waals surface area contributed by atoms with Crippen molar-refractivity contribution in [2.24, 2.45) is 0 Å². The van der Waals surface area contributed by atoms with Gasteiger partial charge in [-0.25, -0.2) is 8.42 Å². The van der Waals surface area contributed by atoms with Crippen molar-refractivity contribution >= 4 is 9.84 Å². The minimum absolute atomic E-state index is 0.348. The molecule has 0 bridgehead atoms. The summed E-state index contributed by atoms with van der Waals surface area (Å²) in [6, 6.07) is 9.38. The molecule has 0 saturated heterocycles. The van der Waals surface area contributed by atoms with Crippen molar-refractivity contribution in [2.75, 3.05) is 6.26 Å². The van der Waals surface area contributed by atoms with E-state index in [4.69, 9.17) is 0 Å². The fraction of sp³-hybridized carbons (Fsp3) is 0.500. The maximum Gasteiger partial charge on any atom is 0.155 e. The molecule has 1 N–H and O–H groups in total. The van der Waals surface area contributed by atoms with E-state index in [0.29, 0.717) is 6.42 Å². The van der Waals surface area contributed by atoms with Gasteiger partial charge < -0.3 is 5.11 Å². The standard InChI is InChI=1S/C12H18O3S/c1-12(2,16(3,14)15)11(13)9-10-7-5-4-6-8-10/h4-8,11,13H,9H2,1-3H3. The van der Waals surface area contributed by atoms with Gasteiger partial charge >= 0.3 is 0 Å². The summed E-state index contributed by atoms with van der Waals surface area (Å²) in [5.74, 6) is 0. The Morgan fingerprint density at radius 1 is 1.25 bits per heavy atom. The van der Waals surface area contributed by atoms with Crippen LogP contribution >= 0.6 is 0 Å². The van der Waals surface area contributed by atoms with Gasteiger partial charge in [0.15, 0.2) is 9.84 Å². The van der Waals surface area contributed by atoms with Gasteiger partial charge in [0.1, 0.15) is 0 Å². The van der Waals surface area contributed by atoms with Gasteiger partial charge in [-0.3, -0.25) is 0 Å². The van der Waals surface area contributed by atoms with Gasteiger partial charge in [0.05, 0.1) is 10.9 Å². The zero-order valence-corrected chi connectivity index (χ0v) is 10.7. The maximum atomic E-state index is 11.5. The predicted molar refractivity (Wildman–Crippen MR) is 65.1 cm³/mol. The van der Waals surface area contributed by atoms with Crippen LogP contribution in [0.5, 0.6) is 0 Å². The van der Waals surface area contributed by atoms with E-state index >= 15 is 0 Å². The summed E-state index contributed by atoms with van der Waals surface area (Å²) in [7, 11) is -3.27. The molecule has 0 heterocycles. The predicted octanol–water partition coefficient (Wildman–Crippen LogP) is 1.41. The van der Waals surface area contributed by atoms with Crippen LogP contribution in [0, 0.1) is 0 Å². The van der Waals surface area contributed by atoms with Crippen LogP contribution in [0.4, 0.5) is 0 Å². The quantitative estimate of drug-likeness (QED) is 0.868. The third kappa shape index (κ3) is 2.83. The Morgan fingerprint density at radius 2 is 1.75 bits per heavy atom. The molecule has 0 aliphatic carbocycles. The smallest absolute Gasteiger partial charge is 0.155 e. The molecule has 1 atom stereocenters. The molecule has 0 spiro atoms. The first-order valence-electron chi connectivity index (χ1n) is 5.17. The van der Waals surface area contributed by atoms with Gasteiger partial charge in [-0.1, -0.05) is 30.3 Å². The zero-order chi connectivity index (χ0) is 12.4. The molecule has 4 heteroatoms. The lowest BCUT2D eigenvalue weighted by atomic mass is 9.98. The number of rotatable bonds is 4. The van der Waals surface area contributed by atoms with E-state index in [1.165, 1.54) is 0 Å².